The number of pyridine rings is 1. The highest BCUT2D eigenvalue weighted by Gasteiger charge is 1.93. The minimum absolute atomic E-state index is 0.314. The summed E-state index contributed by atoms with van der Waals surface area (Å²) in [5, 5.41) is 3.07. The van der Waals surface area contributed by atoms with Gasteiger partial charge in [-0.3, -0.25) is 0 Å². The maximum Gasteiger partial charge on any atom is 0.141 e. The van der Waals surface area contributed by atoms with E-state index in [0.717, 1.165) is 19.4 Å². The molecule has 1 aromatic heterocycles. The highest BCUT2D eigenvalue weighted by atomic mass is 35.5. The molecule has 0 aromatic carbocycles. The first-order valence-electron chi connectivity index (χ1n) is 4.24. The topological polar surface area (TPSA) is 24.9 Å². The lowest BCUT2D eigenvalue weighted by atomic mass is 10.3. The maximum atomic E-state index is 12.4. The number of nitrogens with one attached hydrogen (secondary N) is 1. The van der Waals surface area contributed by atoms with Gasteiger partial charge in [-0.25, -0.2) is 9.37 Å². The van der Waals surface area contributed by atoms with Crippen LogP contribution in [0.4, 0.5) is 10.2 Å². The lowest BCUT2D eigenvalue weighted by Gasteiger charge is -2.03. The number of rotatable bonds is 5. The maximum absolute atomic E-state index is 12.4. The Balaban J connectivity index is 2.25. The Morgan fingerprint density at radius 3 is 2.85 bits per heavy atom. The van der Waals surface area contributed by atoms with Crippen LogP contribution in [-0.2, 0) is 0 Å². The van der Waals surface area contributed by atoms with E-state index in [0.29, 0.717) is 11.7 Å². The number of alkyl halides is 1. The van der Waals surface area contributed by atoms with Gasteiger partial charge in [0.05, 0.1) is 6.20 Å². The molecule has 0 amide bonds. The molecule has 1 heterocycles. The number of anilines is 1. The van der Waals surface area contributed by atoms with Crippen LogP contribution in [0.1, 0.15) is 12.8 Å². The molecule has 0 atom stereocenters. The molecular formula is C9H12ClFN2. The average Bonchev–Trinajstić information content (AvgIpc) is 2.15. The van der Waals surface area contributed by atoms with Crippen LogP contribution in [0.25, 0.3) is 0 Å². The zero-order valence-electron chi connectivity index (χ0n) is 7.26. The van der Waals surface area contributed by atoms with Gasteiger partial charge < -0.3 is 5.32 Å². The molecule has 72 valence electrons. The third-order valence-corrected chi connectivity index (χ3v) is 1.86. The fraction of sp³-hybridized carbons (Fsp3) is 0.444. The van der Waals surface area contributed by atoms with Crippen molar-refractivity contribution < 1.29 is 4.39 Å². The number of nitrogens with zero attached hydrogens (tertiary/aromatic N) is 1. The second-order valence-electron chi connectivity index (χ2n) is 2.68. The minimum atomic E-state index is -0.314. The largest absolute Gasteiger partial charge is 0.370 e. The molecule has 13 heavy (non-hydrogen) atoms. The van der Waals surface area contributed by atoms with Crippen LogP contribution in [-0.4, -0.2) is 17.4 Å². The van der Waals surface area contributed by atoms with E-state index in [2.05, 4.69) is 10.3 Å². The van der Waals surface area contributed by atoms with E-state index < -0.39 is 0 Å². The Bertz CT molecular complexity index is 238. The van der Waals surface area contributed by atoms with Gasteiger partial charge in [0.2, 0.25) is 0 Å². The highest BCUT2D eigenvalue weighted by molar-refractivity contribution is 6.17. The van der Waals surface area contributed by atoms with Crippen LogP contribution >= 0.6 is 11.6 Å². The van der Waals surface area contributed by atoms with Gasteiger partial charge in [-0.05, 0) is 25.0 Å². The number of hydrogen-bond donors (Lipinski definition) is 1. The quantitative estimate of drug-likeness (QED) is 0.587. The molecule has 1 N–H and O–H groups in total. The van der Waals surface area contributed by atoms with Crippen LogP contribution in [0.2, 0.25) is 0 Å². The number of hydrogen-bond acceptors (Lipinski definition) is 2. The molecule has 0 radical (unpaired) electrons. The van der Waals surface area contributed by atoms with Crippen molar-refractivity contribution in [2.45, 2.75) is 12.8 Å². The van der Waals surface area contributed by atoms with Crippen molar-refractivity contribution in [1.82, 2.24) is 4.98 Å². The average molecular weight is 203 g/mol. The van der Waals surface area contributed by atoms with Gasteiger partial charge in [0, 0.05) is 12.4 Å². The molecule has 4 heteroatoms. The lowest BCUT2D eigenvalue weighted by molar-refractivity contribution is 0.621. The molecule has 0 fully saturated rings. The lowest BCUT2D eigenvalue weighted by Crippen LogP contribution is -2.03. The van der Waals surface area contributed by atoms with Crippen LogP contribution in [0, 0.1) is 5.82 Å². The third kappa shape index (κ3) is 4.08. The molecule has 0 unspecified atom stereocenters. The molecule has 0 spiro atoms. The summed E-state index contributed by atoms with van der Waals surface area (Å²) in [5.41, 5.74) is 0. The summed E-state index contributed by atoms with van der Waals surface area (Å²) in [6.07, 6.45) is 3.18. The molecular weight excluding hydrogens is 191 g/mol. The third-order valence-electron chi connectivity index (χ3n) is 1.59. The van der Waals surface area contributed by atoms with E-state index in [-0.39, 0.29) is 5.82 Å². The van der Waals surface area contributed by atoms with Crippen molar-refractivity contribution in [2.24, 2.45) is 0 Å². The van der Waals surface area contributed by atoms with Crippen LogP contribution in [0.15, 0.2) is 18.3 Å². The zero-order valence-corrected chi connectivity index (χ0v) is 8.02. The van der Waals surface area contributed by atoms with E-state index in [1.165, 1.54) is 12.3 Å². The zero-order chi connectivity index (χ0) is 9.52. The van der Waals surface area contributed by atoms with Crippen LogP contribution in [0.3, 0.4) is 0 Å². The Labute approximate surface area is 82.1 Å². The standard InChI is InChI=1S/C9H12ClFN2/c10-5-1-2-6-12-9-4-3-8(11)7-13-9/h3-4,7H,1-2,5-6H2,(H,12,13). The SMILES string of the molecule is Fc1ccc(NCCCCCl)nc1. The molecule has 1 rings (SSSR count). The van der Waals surface area contributed by atoms with E-state index in [9.17, 15) is 4.39 Å². The Hall–Kier alpha value is -0.830. The fourth-order valence-electron chi connectivity index (χ4n) is 0.916. The molecule has 0 aliphatic heterocycles. The Morgan fingerprint density at radius 2 is 2.23 bits per heavy atom. The number of unbranched alkanes of at least 4 members (excludes halogenated alkanes) is 1. The predicted molar refractivity (Wildman–Crippen MR) is 52.6 cm³/mol. The summed E-state index contributed by atoms with van der Waals surface area (Å²) in [5.74, 6) is 1.07. The fourth-order valence-corrected chi connectivity index (χ4v) is 1.11. The summed E-state index contributed by atoms with van der Waals surface area (Å²) < 4.78 is 12.4. The second kappa shape index (κ2) is 5.75. The smallest absolute Gasteiger partial charge is 0.141 e. The first kappa shape index (κ1) is 10.3. The number of aromatic nitrogens is 1. The van der Waals surface area contributed by atoms with Gasteiger partial charge in [-0.2, -0.15) is 0 Å². The highest BCUT2D eigenvalue weighted by Crippen LogP contribution is 2.03. The summed E-state index contributed by atoms with van der Waals surface area (Å²) in [6.45, 7) is 0.825. The second-order valence-corrected chi connectivity index (χ2v) is 3.06. The van der Waals surface area contributed by atoms with E-state index in [1.54, 1.807) is 6.07 Å². The van der Waals surface area contributed by atoms with E-state index >= 15 is 0 Å². The minimum Gasteiger partial charge on any atom is -0.370 e. The molecule has 0 aliphatic rings. The van der Waals surface area contributed by atoms with Gasteiger partial charge in [0.1, 0.15) is 11.6 Å². The van der Waals surface area contributed by atoms with Crippen molar-refractivity contribution >= 4 is 17.4 Å². The Morgan fingerprint density at radius 1 is 1.38 bits per heavy atom. The van der Waals surface area contributed by atoms with Crippen molar-refractivity contribution in [3.05, 3.63) is 24.1 Å². The van der Waals surface area contributed by atoms with Crippen LogP contribution in [0.5, 0.6) is 0 Å². The van der Waals surface area contributed by atoms with E-state index in [1.807, 2.05) is 0 Å². The molecule has 0 saturated heterocycles. The van der Waals surface area contributed by atoms with Crippen molar-refractivity contribution in [3.63, 3.8) is 0 Å². The first-order valence-corrected chi connectivity index (χ1v) is 4.78. The monoisotopic (exact) mass is 202 g/mol. The molecule has 2 nitrogen and oxygen atoms in total. The van der Waals surface area contributed by atoms with Gasteiger partial charge in [-0.1, -0.05) is 0 Å². The normalized spacial score (nSPS) is 10.0. The van der Waals surface area contributed by atoms with Gasteiger partial charge in [0.25, 0.3) is 0 Å². The Kier molecular flexibility index (Phi) is 4.54. The van der Waals surface area contributed by atoms with Crippen molar-refractivity contribution in [1.29, 1.82) is 0 Å². The van der Waals surface area contributed by atoms with E-state index in [4.69, 9.17) is 11.6 Å². The predicted octanol–water partition coefficient (Wildman–Crippen LogP) is 2.65. The van der Waals surface area contributed by atoms with Crippen LogP contribution < -0.4 is 5.32 Å². The summed E-state index contributed by atoms with van der Waals surface area (Å²) in [7, 11) is 0. The molecule has 0 aliphatic carbocycles. The summed E-state index contributed by atoms with van der Waals surface area (Å²) >= 11 is 5.51. The number of halogens is 2. The van der Waals surface area contributed by atoms with Crippen molar-refractivity contribution in [2.75, 3.05) is 17.7 Å². The first-order chi connectivity index (χ1) is 6.33. The summed E-state index contributed by atoms with van der Waals surface area (Å²) in [6, 6.07) is 3.01. The van der Waals surface area contributed by atoms with Gasteiger partial charge in [-0.15, -0.1) is 11.6 Å². The summed E-state index contributed by atoms with van der Waals surface area (Å²) in [4.78, 5) is 3.86. The van der Waals surface area contributed by atoms with Gasteiger partial charge >= 0.3 is 0 Å². The molecule has 0 bridgehead atoms. The van der Waals surface area contributed by atoms with Gasteiger partial charge in [0.15, 0.2) is 0 Å². The molecule has 0 saturated carbocycles. The molecule has 1 aromatic rings. The van der Waals surface area contributed by atoms with Crippen molar-refractivity contribution in [3.8, 4) is 0 Å².